The van der Waals surface area contributed by atoms with Gasteiger partial charge in [-0.1, -0.05) is 19.1 Å². The van der Waals surface area contributed by atoms with Crippen LogP contribution in [0.2, 0.25) is 0 Å². The van der Waals surface area contributed by atoms with Crippen molar-refractivity contribution in [2.45, 2.75) is 32.9 Å². The summed E-state index contributed by atoms with van der Waals surface area (Å²) in [6, 6.07) is 6.04. The van der Waals surface area contributed by atoms with Gasteiger partial charge in [0.1, 0.15) is 0 Å². The second-order valence-corrected chi connectivity index (χ2v) is 4.39. The molecule has 0 aromatic heterocycles. The Balaban J connectivity index is 2.85. The van der Waals surface area contributed by atoms with Gasteiger partial charge in [0.2, 0.25) is 0 Å². The summed E-state index contributed by atoms with van der Waals surface area (Å²) in [5.41, 5.74) is 6.05. The Morgan fingerprint density at radius 3 is 2.79 bits per heavy atom. The highest BCUT2D eigenvalue weighted by molar-refractivity contribution is 5.75. The number of ether oxygens (including phenoxy) is 2. The number of benzene rings is 1. The number of rotatable bonds is 8. The van der Waals surface area contributed by atoms with Crippen molar-refractivity contribution >= 4 is 5.91 Å². The number of methoxy groups -OCH3 is 1. The molecule has 1 atom stereocenters. The summed E-state index contributed by atoms with van der Waals surface area (Å²) < 4.78 is 10.7. The predicted molar refractivity (Wildman–Crippen MR) is 74.3 cm³/mol. The van der Waals surface area contributed by atoms with Gasteiger partial charge in [-0.3, -0.25) is 4.79 Å². The van der Waals surface area contributed by atoms with Crippen LogP contribution in [0, 0.1) is 0 Å². The highest BCUT2D eigenvalue weighted by Gasteiger charge is 2.12. The molecule has 106 valence electrons. The fourth-order valence-electron chi connectivity index (χ4n) is 1.60. The van der Waals surface area contributed by atoms with E-state index in [0.717, 1.165) is 12.0 Å². The van der Waals surface area contributed by atoms with Gasteiger partial charge in [-0.2, -0.15) is 0 Å². The lowest BCUT2D eigenvalue weighted by atomic mass is 10.1. The Morgan fingerprint density at radius 2 is 2.21 bits per heavy atom. The monoisotopic (exact) mass is 266 g/mol. The first-order chi connectivity index (χ1) is 9.08. The van der Waals surface area contributed by atoms with Gasteiger partial charge in [0, 0.05) is 18.2 Å². The van der Waals surface area contributed by atoms with E-state index in [1.165, 1.54) is 0 Å². The maximum Gasteiger partial charge on any atom is 0.255 e. The topological polar surface area (TPSA) is 73.6 Å². The third-order valence-corrected chi connectivity index (χ3v) is 2.89. The second-order valence-electron chi connectivity index (χ2n) is 4.39. The molecule has 0 saturated carbocycles. The molecule has 0 fully saturated rings. The first-order valence-electron chi connectivity index (χ1n) is 6.38. The summed E-state index contributed by atoms with van der Waals surface area (Å²) in [7, 11) is 1.57. The van der Waals surface area contributed by atoms with Gasteiger partial charge in [0.25, 0.3) is 5.91 Å². The van der Waals surface area contributed by atoms with Crippen LogP contribution in [-0.2, 0) is 11.3 Å². The number of hydrogen-bond donors (Lipinski definition) is 2. The highest BCUT2D eigenvalue weighted by Crippen LogP contribution is 2.31. The molecule has 5 heteroatoms. The Kier molecular flexibility index (Phi) is 6.15. The van der Waals surface area contributed by atoms with Crippen molar-refractivity contribution in [3.8, 4) is 11.5 Å². The number of carbonyl (C=O) groups excluding carboxylic acids is 1. The number of nitrogens with two attached hydrogens (primary N) is 1. The van der Waals surface area contributed by atoms with E-state index < -0.39 is 5.91 Å². The molecular formula is C14H22N2O3. The number of primary amides is 1. The zero-order valence-corrected chi connectivity index (χ0v) is 11.7. The van der Waals surface area contributed by atoms with Crippen molar-refractivity contribution in [1.29, 1.82) is 0 Å². The van der Waals surface area contributed by atoms with Crippen LogP contribution in [0.5, 0.6) is 11.5 Å². The minimum atomic E-state index is -0.508. The molecule has 0 saturated heterocycles. The van der Waals surface area contributed by atoms with Crippen LogP contribution < -0.4 is 20.5 Å². The lowest BCUT2D eigenvalue weighted by Gasteiger charge is -2.16. The van der Waals surface area contributed by atoms with Crippen LogP contribution in [0.25, 0.3) is 0 Å². The highest BCUT2D eigenvalue weighted by atomic mass is 16.5. The summed E-state index contributed by atoms with van der Waals surface area (Å²) in [6.45, 7) is 4.73. The van der Waals surface area contributed by atoms with E-state index in [1.54, 1.807) is 13.2 Å². The molecule has 0 aliphatic carbocycles. The summed E-state index contributed by atoms with van der Waals surface area (Å²) in [6.07, 6.45) is 1.04. The minimum Gasteiger partial charge on any atom is -0.493 e. The average Bonchev–Trinajstić information content (AvgIpc) is 2.42. The zero-order valence-electron chi connectivity index (χ0n) is 11.7. The maximum absolute atomic E-state index is 10.8. The molecule has 1 aromatic rings. The van der Waals surface area contributed by atoms with Gasteiger partial charge in [-0.25, -0.2) is 0 Å². The Bertz CT molecular complexity index is 421. The Morgan fingerprint density at radius 1 is 1.47 bits per heavy atom. The van der Waals surface area contributed by atoms with Crippen molar-refractivity contribution in [2.24, 2.45) is 5.73 Å². The van der Waals surface area contributed by atoms with E-state index >= 15 is 0 Å². The molecule has 1 aromatic carbocycles. The van der Waals surface area contributed by atoms with Gasteiger partial charge in [0.15, 0.2) is 18.1 Å². The molecule has 0 bridgehead atoms. The average molecular weight is 266 g/mol. The lowest BCUT2D eigenvalue weighted by molar-refractivity contribution is -0.119. The quantitative estimate of drug-likeness (QED) is 0.747. The zero-order chi connectivity index (χ0) is 14.3. The molecule has 19 heavy (non-hydrogen) atoms. The van der Waals surface area contributed by atoms with E-state index in [1.807, 2.05) is 12.1 Å². The van der Waals surface area contributed by atoms with Crippen molar-refractivity contribution in [2.75, 3.05) is 13.7 Å². The Labute approximate surface area is 114 Å². The summed E-state index contributed by atoms with van der Waals surface area (Å²) in [5, 5.41) is 3.38. The molecule has 1 rings (SSSR count). The molecule has 0 spiro atoms. The second kappa shape index (κ2) is 7.63. The van der Waals surface area contributed by atoms with Gasteiger partial charge in [-0.15, -0.1) is 0 Å². The molecule has 0 radical (unpaired) electrons. The third-order valence-electron chi connectivity index (χ3n) is 2.89. The number of carbonyl (C=O) groups is 1. The van der Waals surface area contributed by atoms with Gasteiger partial charge in [-0.05, 0) is 19.4 Å². The first kappa shape index (κ1) is 15.3. The van der Waals surface area contributed by atoms with Crippen LogP contribution in [0.4, 0.5) is 0 Å². The van der Waals surface area contributed by atoms with E-state index in [9.17, 15) is 4.79 Å². The number of hydrogen-bond acceptors (Lipinski definition) is 4. The molecular weight excluding hydrogens is 244 g/mol. The first-order valence-corrected chi connectivity index (χ1v) is 6.38. The van der Waals surface area contributed by atoms with E-state index in [0.29, 0.717) is 24.1 Å². The minimum absolute atomic E-state index is 0.156. The normalized spacial score (nSPS) is 11.9. The Hall–Kier alpha value is -1.75. The van der Waals surface area contributed by atoms with Crippen molar-refractivity contribution < 1.29 is 14.3 Å². The number of para-hydroxylation sites is 1. The molecule has 0 aliphatic heterocycles. The van der Waals surface area contributed by atoms with Crippen LogP contribution in [0.15, 0.2) is 18.2 Å². The standard InChI is InChI=1S/C14H22N2O3/c1-4-10(2)16-8-11-6-5-7-12(18-3)14(11)19-9-13(15)17/h5-7,10,16H,4,8-9H2,1-3H3,(H2,15,17). The van der Waals surface area contributed by atoms with Crippen LogP contribution in [0.3, 0.4) is 0 Å². The van der Waals surface area contributed by atoms with Crippen molar-refractivity contribution in [3.05, 3.63) is 23.8 Å². The fourth-order valence-corrected chi connectivity index (χ4v) is 1.60. The fraction of sp³-hybridized carbons (Fsp3) is 0.500. The summed E-state index contributed by atoms with van der Waals surface area (Å²) in [4.78, 5) is 10.8. The lowest BCUT2D eigenvalue weighted by Crippen LogP contribution is -2.25. The molecule has 1 amide bonds. The largest absolute Gasteiger partial charge is 0.493 e. The van der Waals surface area contributed by atoms with Gasteiger partial charge in [0.05, 0.1) is 7.11 Å². The van der Waals surface area contributed by atoms with Crippen LogP contribution in [-0.4, -0.2) is 25.7 Å². The SMILES string of the molecule is CCC(C)NCc1cccc(OC)c1OCC(N)=O. The van der Waals surface area contributed by atoms with Crippen LogP contribution >= 0.6 is 0 Å². The third kappa shape index (κ3) is 4.79. The van der Waals surface area contributed by atoms with Crippen molar-refractivity contribution in [1.82, 2.24) is 5.32 Å². The predicted octanol–water partition coefficient (Wildman–Crippen LogP) is 1.45. The molecule has 3 N–H and O–H groups in total. The van der Waals surface area contributed by atoms with Gasteiger partial charge >= 0.3 is 0 Å². The number of nitrogens with one attached hydrogen (secondary N) is 1. The molecule has 0 heterocycles. The van der Waals surface area contributed by atoms with Gasteiger partial charge < -0.3 is 20.5 Å². The summed E-state index contributed by atoms with van der Waals surface area (Å²) in [5.74, 6) is 0.663. The van der Waals surface area contributed by atoms with E-state index in [4.69, 9.17) is 15.2 Å². The molecule has 5 nitrogen and oxygen atoms in total. The van der Waals surface area contributed by atoms with E-state index in [-0.39, 0.29) is 6.61 Å². The molecule has 1 unspecified atom stereocenters. The summed E-state index contributed by atoms with van der Waals surface area (Å²) >= 11 is 0. The molecule has 0 aliphatic rings. The smallest absolute Gasteiger partial charge is 0.255 e. The van der Waals surface area contributed by atoms with Crippen molar-refractivity contribution in [3.63, 3.8) is 0 Å². The van der Waals surface area contributed by atoms with Crippen LogP contribution in [0.1, 0.15) is 25.8 Å². The maximum atomic E-state index is 10.8. The van der Waals surface area contributed by atoms with E-state index in [2.05, 4.69) is 19.2 Å². The number of amides is 1.